The first-order valence-electron chi connectivity index (χ1n) is 6.77. The van der Waals surface area contributed by atoms with Gasteiger partial charge in [0.2, 0.25) is 15.9 Å². The summed E-state index contributed by atoms with van der Waals surface area (Å²) in [4.78, 5) is 11.0. The molecule has 1 amide bonds. The molecule has 0 spiro atoms. The fraction of sp³-hybridized carbons (Fsp3) is 0.125. The van der Waals surface area contributed by atoms with Crippen molar-refractivity contribution < 1.29 is 13.2 Å². The molecule has 0 bridgehead atoms. The summed E-state index contributed by atoms with van der Waals surface area (Å²) in [5.74, 6) is -0.167. The lowest BCUT2D eigenvalue weighted by molar-refractivity contribution is -0.114. The van der Waals surface area contributed by atoms with Gasteiger partial charge in [0.1, 0.15) is 0 Å². The third kappa shape index (κ3) is 4.64. The number of carbonyl (C=O) groups excluding carboxylic acids is 1. The van der Waals surface area contributed by atoms with Crippen LogP contribution in [0.3, 0.4) is 0 Å². The third-order valence-electron chi connectivity index (χ3n) is 3.03. The molecule has 7 heteroatoms. The molecule has 0 saturated carbocycles. The molecule has 2 aromatic carbocycles. The molecule has 118 valence electrons. The van der Waals surface area contributed by atoms with Crippen molar-refractivity contribution in [3.8, 4) is 6.07 Å². The zero-order chi connectivity index (χ0) is 16.9. The minimum Gasteiger partial charge on any atom is -0.326 e. The summed E-state index contributed by atoms with van der Waals surface area (Å²) in [6.07, 6.45) is 0. The molecule has 0 aliphatic rings. The normalized spacial score (nSPS) is 10.8. The second kappa shape index (κ2) is 7.05. The molecular weight excluding hydrogens is 314 g/mol. The van der Waals surface area contributed by atoms with Crippen molar-refractivity contribution in [1.29, 1.82) is 5.26 Å². The van der Waals surface area contributed by atoms with Gasteiger partial charge in [0.05, 0.1) is 16.5 Å². The zero-order valence-electron chi connectivity index (χ0n) is 12.4. The van der Waals surface area contributed by atoms with Crippen LogP contribution >= 0.6 is 0 Å². The molecule has 0 aliphatic heterocycles. The fourth-order valence-electron chi connectivity index (χ4n) is 1.88. The number of nitrogens with zero attached hydrogens (tertiary/aromatic N) is 1. The van der Waals surface area contributed by atoms with Crippen molar-refractivity contribution in [2.45, 2.75) is 18.4 Å². The Morgan fingerprint density at radius 2 is 1.70 bits per heavy atom. The van der Waals surface area contributed by atoms with Crippen molar-refractivity contribution in [1.82, 2.24) is 4.72 Å². The van der Waals surface area contributed by atoms with Gasteiger partial charge in [0.15, 0.2) is 0 Å². The summed E-state index contributed by atoms with van der Waals surface area (Å²) < 4.78 is 26.8. The zero-order valence-corrected chi connectivity index (χ0v) is 13.2. The van der Waals surface area contributed by atoms with E-state index < -0.39 is 10.0 Å². The van der Waals surface area contributed by atoms with Crippen LogP contribution < -0.4 is 10.0 Å². The summed E-state index contributed by atoms with van der Waals surface area (Å²) >= 11 is 0. The van der Waals surface area contributed by atoms with Crippen LogP contribution in [-0.4, -0.2) is 14.3 Å². The number of amides is 1. The van der Waals surface area contributed by atoms with E-state index in [2.05, 4.69) is 10.0 Å². The number of benzene rings is 2. The lowest BCUT2D eigenvalue weighted by atomic mass is 10.2. The molecule has 2 aromatic rings. The average Bonchev–Trinajstić information content (AvgIpc) is 2.54. The largest absolute Gasteiger partial charge is 0.326 e. The van der Waals surface area contributed by atoms with Crippen molar-refractivity contribution in [3.63, 3.8) is 0 Å². The summed E-state index contributed by atoms with van der Waals surface area (Å²) in [5.41, 5.74) is 1.81. The highest BCUT2D eigenvalue weighted by Gasteiger charge is 2.13. The molecule has 0 aliphatic carbocycles. The van der Waals surface area contributed by atoms with E-state index >= 15 is 0 Å². The van der Waals surface area contributed by atoms with Crippen molar-refractivity contribution in [2.75, 3.05) is 5.32 Å². The van der Waals surface area contributed by atoms with Crippen LogP contribution in [0, 0.1) is 11.3 Å². The molecule has 2 rings (SSSR count). The standard InChI is InChI=1S/C16H15N3O3S/c1-12(20)19-15-6-2-14(3-7-15)11-18-23(21,22)16-8-4-13(10-17)5-9-16/h2-9,18H,11H2,1H3,(H,19,20). The first-order valence-corrected chi connectivity index (χ1v) is 8.25. The van der Waals surface area contributed by atoms with Gasteiger partial charge in [-0.1, -0.05) is 12.1 Å². The Bertz CT molecular complexity index is 836. The number of hydrogen-bond donors (Lipinski definition) is 2. The first kappa shape index (κ1) is 16.7. The van der Waals surface area contributed by atoms with Gasteiger partial charge in [-0.25, -0.2) is 13.1 Å². The SMILES string of the molecule is CC(=O)Nc1ccc(CNS(=O)(=O)c2ccc(C#N)cc2)cc1. The molecule has 23 heavy (non-hydrogen) atoms. The van der Waals surface area contributed by atoms with Gasteiger partial charge < -0.3 is 5.32 Å². The number of hydrogen-bond acceptors (Lipinski definition) is 4. The lowest BCUT2D eigenvalue weighted by Crippen LogP contribution is -2.23. The van der Waals surface area contributed by atoms with Gasteiger partial charge in [0.25, 0.3) is 0 Å². The highest BCUT2D eigenvalue weighted by molar-refractivity contribution is 7.89. The Morgan fingerprint density at radius 3 is 2.22 bits per heavy atom. The number of rotatable bonds is 5. The summed E-state index contributed by atoms with van der Waals surface area (Å²) in [6.45, 7) is 1.54. The smallest absolute Gasteiger partial charge is 0.240 e. The van der Waals surface area contributed by atoms with Gasteiger partial charge in [-0.05, 0) is 42.0 Å². The Morgan fingerprint density at radius 1 is 1.09 bits per heavy atom. The van der Waals surface area contributed by atoms with Gasteiger partial charge in [-0.15, -0.1) is 0 Å². The fourth-order valence-corrected chi connectivity index (χ4v) is 2.90. The molecular formula is C16H15N3O3S. The molecule has 0 aromatic heterocycles. The van der Waals surface area contributed by atoms with E-state index in [9.17, 15) is 13.2 Å². The number of carbonyl (C=O) groups is 1. The van der Waals surface area contributed by atoms with Crippen molar-refractivity contribution >= 4 is 21.6 Å². The van der Waals surface area contributed by atoms with E-state index in [0.717, 1.165) is 5.56 Å². The van der Waals surface area contributed by atoms with Crippen molar-refractivity contribution in [2.24, 2.45) is 0 Å². The van der Waals surface area contributed by atoms with Crippen LogP contribution in [0.2, 0.25) is 0 Å². The van der Waals surface area contributed by atoms with Gasteiger partial charge >= 0.3 is 0 Å². The number of nitriles is 1. The maximum atomic E-state index is 12.2. The van der Waals surface area contributed by atoms with E-state index in [4.69, 9.17) is 5.26 Å². The van der Waals surface area contributed by atoms with Crippen LogP contribution in [0.25, 0.3) is 0 Å². The first-order chi connectivity index (χ1) is 10.9. The molecule has 0 fully saturated rings. The van der Waals surface area contributed by atoms with Gasteiger partial charge in [0, 0.05) is 19.2 Å². The molecule has 0 unspecified atom stereocenters. The molecule has 2 N–H and O–H groups in total. The average molecular weight is 329 g/mol. The Hall–Kier alpha value is -2.69. The van der Waals surface area contributed by atoms with E-state index in [1.807, 2.05) is 6.07 Å². The van der Waals surface area contributed by atoms with Crippen LogP contribution in [0.5, 0.6) is 0 Å². The molecule has 6 nitrogen and oxygen atoms in total. The monoisotopic (exact) mass is 329 g/mol. The third-order valence-corrected chi connectivity index (χ3v) is 4.45. The summed E-state index contributed by atoms with van der Waals surface area (Å²) in [7, 11) is -3.64. The van der Waals surface area contributed by atoms with Crippen LogP contribution in [0.1, 0.15) is 18.1 Å². The number of nitrogens with one attached hydrogen (secondary N) is 2. The van der Waals surface area contributed by atoms with Crippen LogP contribution in [0.15, 0.2) is 53.4 Å². The molecule has 0 saturated heterocycles. The van der Waals surface area contributed by atoms with E-state index in [1.165, 1.54) is 31.2 Å². The van der Waals surface area contributed by atoms with Crippen LogP contribution in [0.4, 0.5) is 5.69 Å². The van der Waals surface area contributed by atoms with Gasteiger partial charge in [-0.2, -0.15) is 5.26 Å². The second-order valence-corrected chi connectivity index (χ2v) is 6.61. The Balaban J connectivity index is 2.03. The van der Waals surface area contributed by atoms with Crippen LogP contribution in [-0.2, 0) is 21.4 Å². The van der Waals surface area contributed by atoms with E-state index in [1.54, 1.807) is 24.3 Å². The predicted molar refractivity (Wildman–Crippen MR) is 85.9 cm³/mol. The Labute approximate surface area is 134 Å². The molecule has 0 heterocycles. The molecule has 0 atom stereocenters. The lowest BCUT2D eigenvalue weighted by Gasteiger charge is -2.08. The second-order valence-electron chi connectivity index (χ2n) is 4.84. The molecule has 0 radical (unpaired) electrons. The maximum absolute atomic E-state index is 12.2. The minimum atomic E-state index is -3.64. The summed E-state index contributed by atoms with van der Waals surface area (Å²) in [6, 6.07) is 14.5. The van der Waals surface area contributed by atoms with E-state index in [-0.39, 0.29) is 17.3 Å². The maximum Gasteiger partial charge on any atom is 0.240 e. The minimum absolute atomic E-state index is 0.103. The quantitative estimate of drug-likeness (QED) is 0.876. The predicted octanol–water partition coefficient (Wildman–Crippen LogP) is 2.00. The topological polar surface area (TPSA) is 99.1 Å². The van der Waals surface area contributed by atoms with Crippen molar-refractivity contribution in [3.05, 3.63) is 59.7 Å². The highest BCUT2D eigenvalue weighted by atomic mass is 32.2. The highest BCUT2D eigenvalue weighted by Crippen LogP contribution is 2.13. The van der Waals surface area contributed by atoms with E-state index in [0.29, 0.717) is 11.3 Å². The Kier molecular flexibility index (Phi) is 5.11. The number of anilines is 1. The number of sulfonamides is 1. The van der Waals surface area contributed by atoms with Gasteiger partial charge in [-0.3, -0.25) is 4.79 Å². The summed E-state index contributed by atoms with van der Waals surface area (Å²) in [5, 5.41) is 11.4.